The van der Waals surface area contributed by atoms with Gasteiger partial charge in [0.15, 0.2) is 0 Å². The monoisotopic (exact) mass is 484 g/mol. The third kappa shape index (κ3) is 6.72. The summed E-state index contributed by atoms with van der Waals surface area (Å²) in [6.07, 6.45) is 2.08. The minimum atomic E-state index is -0.198. The van der Waals surface area contributed by atoms with Gasteiger partial charge >= 0.3 is 0 Å². The van der Waals surface area contributed by atoms with Gasteiger partial charge in [-0.2, -0.15) is 0 Å². The van der Waals surface area contributed by atoms with E-state index in [1.54, 1.807) is 54.6 Å². The lowest BCUT2D eigenvalue weighted by Crippen LogP contribution is -2.37. The van der Waals surface area contributed by atoms with E-state index in [-0.39, 0.29) is 24.3 Å². The van der Waals surface area contributed by atoms with E-state index in [0.29, 0.717) is 28.4 Å². The molecule has 1 saturated heterocycles. The molecule has 7 nitrogen and oxygen atoms in total. The fourth-order valence-corrected chi connectivity index (χ4v) is 4.14. The molecule has 0 bridgehead atoms. The average Bonchev–Trinajstić information content (AvgIpc) is 2.89. The van der Waals surface area contributed by atoms with Gasteiger partial charge < -0.3 is 20.9 Å². The molecule has 0 unspecified atom stereocenters. The molecule has 3 amide bonds. The Morgan fingerprint density at radius 2 is 1.42 bits per heavy atom. The van der Waals surface area contributed by atoms with Crippen LogP contribution in [0.1, 0.15) is 46.0 Å². The number of carbonyl (C=O) groups excluding carboxylic acids is 3. The van der Waals surface area contributed by atoms with E-state index in [0.717, 1.165) is 37.2 Å². The van der Waals surface area contributed by atoms with Crippen molar-refractivity contribution in [1.82, 2.24) is 4.90 Å². The van der Waals surface area contributed by atoms with Gasteiger partial charge in [0.1, 0.15) is 0 Å². The van der Waals surface area contributed by atoms with Crippen LogP contribution in [-0.4, -0.2) is 42.3 Å². The van der Waals surface area contributed by atoms with Crippen molar-refractivity contribution in [2.24, 2.45) is 5.92 Å². The third-order valence-electron chi connectivity index (χ3n) is 6.36. The smallest absolute Gasteiger partial charge is 0.255 e. The molecule has 1 heterocycles. The maximum atomic E-state index is 12.7. The number of anilines is 3. The second kappa shape index (κ2) is 11.5. The zero-order chi connectivity index (χ0) is 25.5. The van der Waals surface area contributed by atoms with Gasteiger partial charge in [0.2, 0.25) is 5.91 Å². The predicted molar refractivity (Wildman–Crippen MR) is 143 cm³/mol. The van der Waals surface area contributed by atoms with Crippen molar-refractivity contribution in [2.45, 2.75) is 26.7 Å². The molecular weight excluding hydrogens is 452 g/mol. The Bertz CT molecular complexity index is 1210. The molecule has 3 N–H and O–H groups in total. The topological polar surface area (TPSA) is 90.5 Å². The summed E-state index contributed by atoms with van der Waals surface area (Å²) in [7, 11) is 0. The van der Waals surface area contributed by atoms with E-state index >= 15 is 0 Å². The number of nitrogens with one attached hydrogen (secondary N) is 3. The number of hydrogen-bond acceptors (Lipinski definition) is 4. The number of carbonyl (C=O) groups is 3. The lowest BCUT2D eigenvalue weighted by Gasteiger charge is -2.30. The summed E-state index contributed by atoms with van der Waals surface area (Å²) < 4.78 is 0. The van der Waals surface area contributed by atoms with E-state index in [1.165, 1.54) is 0 Å². The Labute approximate surface area is 211 Å². The van der Waals surface area contributed by atoms with Crippen molar-refractivity contribution in [3.8, 4) is 0 Å². The van der Waals surface area contributed by atoms with Crippen molar-refractivity contribution in [1.29, 1.82) is 0 Å². The highest BCUT2D eigenvalue weighted by Gasteiger charge is 2.21. The normalized spacial score (nSPS) is 13.7. The van der Waals surface area contributed by atoms with E-state index in [2.05, 4.69) is 22.9 Å². The zero-order valence-corrected chi connectivity index (χ0v) is 20.7. The molecule has 7 heteroatoms. The number of amides is 3. The fourth-order valence-electron chi connectivity index (χ4n) is 4.14. The first-order chi connectivity index (χ1) is 17.4. The lowest BCUT2D eigenvalue weighted by molar-refractivity contribution is -0.114. The summed E-state index contributed by atoms with van der Waals surface area (Å²) in [4.78, 5) is 39.3. The largest absolute Gasteiger partial charge is 0.376 e. The minimum absolute atomic E-state index is 0.0416. The third-order valence-corrected chi connectivity index (χ3v) is 6.36. The maximum absolute atomic E-state index is 12.7. The van der Waals surface area contributed by atoms with Crippen molar-refractivity contribution >= 4 is 34.8 Å². The fraction of sp³-hybridized carbons (Fsp3) is 0.276. The molecule has 0 spiro atoms. The van der Waals surface area contributed by atoms with E-state index in [1.807, 2.05) is 30.0 Å². The highest BCUT2D eigenvalue weighted by molar-refractivity contribution is 6.04. The molecule has 1 fully saturated rings. The standard InChI is InChI=1S/C29H32N4O3/c1-20-14-16-33(17-15-20)29(36)22-6-8-25(9-7-22)31-27(34)19-30-24-10-12-26(13-11-24)32-28(35)23-5-3-4-21(2)18-23/h3-13,18,20,30H,14-17,19H2,1-2H3,(H,31,34)(H,32,35). The average molecular weight is 485 g/mol. The summed E-state index contributed by atoms with van der Waals surface area (Å²) in [5, 5.41) is 8.79. The van der Waals surface area contributed by atoms with Crippen LogP contribution in [0.2, 0.25) is 0 Å². The molecule has 3 aromatic rings. The van der Waals surface area contributed by atoms with Gasteiger partial charge in [-0.1, -0.05) is 24.6 Å². The number of aryl methyl sites for hydroxylation is 1. The molecule has 1 aliphatic rings. The van der Waals surface area contributed by atoms with E-state index in [4.69, 9.17) is 0 Å². The Morgan fingerprint density at radius 3 is 2.08 bits per heavy atom. The second-order valence-electron chi connectivity index (χ2n) is 9.35. The summed E-state index contributed by atoms with van der Waals surface area (Å²) >= 11 is 0. The van der Waals surface area contributed by atoms with Gasteiger partial charge in [-0.15, -0.1) is 0 Å². The van der Waals surface area contributed by atoms with Crippen LogP contribution in [-0.2, 0) is 4.79 Å². The summed E-state index contributed by atoms with van der Waals surface area (Å²) in [5.74, 6) is 0.344. The van der Waals surface area contributed by atoms with Crippen LogP contribution in [0.4, 0.5) is 17.1 Å². The van der Waals surface area contributed by atoms with Crippen LogP contribution >= 0.6 is 0 Å². The van der Waals surface area contributed by atoms with Gasteiger partial charge in [0.25, 0.3) is 11.8 Å². The van der Waals surface area contributed by atoms with Gasteiger partial charge in [-0.05, 0) is 86.3 Å². The molecule has 3 aromatic carbocycles. The molecule has 0 saturated carbocycles. The number of likely N-dealkylation sites (tertiary alicyclic amines) is 1. The van der Waals surface area contributed by atoms with Crippen LogP contribution in [0.25, 0.3) is 0 Å². The first kappa shape index (κ1) is 25.0. The molecule has 4 rings (SSSR count). The van der Waals surface area contributed by atoms with E-state index in [9.17, 15) is 14.4 Å². The molecule has 0 atom stereocenters. The van der Waals surface area contributed by atoms with Gasteiger partial charge in [0, 0.05) is 41.3 Å². The SMILES string of the molecule is Cc1cccc(C(=O)Nc2ccc(NCC(=O)Nc3ccc(C(=O)N4CCC(C)CC4)cc3)cc2)c1. The Hall–Kier alpha value is -4.13. The highest BCUT2D eigenvalue weighted by atomic mass is 16.2. The van der Waals surface area contributed by atoms with Gasteiger partial charge in [0.05, 0.1) is 6.54 Å². The molecule has 36 heavy (non-hydrogen) atoms. The van der Waals surface area contributed by atoms with Gasteiger partial charge in [-0.25, -0.2) is 0 Å². The molecule has 0 radical (unpaired) electrons. The lowest BCUT2D eigenvalue weighted by atomic mass is 9.98. The predicted octanol–water partition coefficient (Wildman–Crippen LogP) is 5.17. The summed E-state index contributed by atoms with van der Waals surface area (Å²) in [5.41, 5.74) is 4.33. The van der Waals surface area contributed by atoms with Crippen molar-refractivity contribution in [3.05, 3.63) is 89.5 Å². The minimum Gasteiger partial charge on any atom is -0.376 e. The maximum Gasteiger partial charge on any atom is 0.255 e. The van der Waals surface area contributed by atoms with Crippen molar-refractivity contribution in [2.75, 3.05) is 35.6 Å². The second-order valence-corrected chi connectivity index (χ2v) is 9.35. The molecule has 186 valence electrons. The van der Waals surface area contributed by atoms with Crippen molar-refractivity contribution < 1.29 is 14.4 Å². The summed E-state index contributed by atoms with van der Waals surface area (Å²) in [6, 6.07) is 21.6. The number of piperidine rings is 1. The van der Waals surface area contributed by atoms with Gasteiger partial charge in [-0.3, -0.25) is 14.4 Å². The van der Waals surface area contributed by atoms with Crippen LogP contribution < -0.4 is 16.0 Å². The van der Waals surface area contributed by atoms with E-state index < -0.39 is 0 Å². The Balaban J connectivity index is 1.23. The van der Waals surface area contributed by atoms with Crippen LogP contribution in [0.5, 0.6) is 0 Å². The quantitative estimate of drug-likeness (QED) is 0.432. The highest BCUT2D eigenvalue weighted by Crippen LogP contribution is 2.19. The number of benzene rings is 3. The molecule has 0 aliphatic carbocycles. The first-order valence-corrected chi connectivity index (χ1v) is 12.3. The zero-order valence-electron chi connectivity index (χ0n) is 20.7. The summed E-state index contributed by atoms with van der Waals surface area (Å²) in [6.45, 7) is 5.84. The molecule has 1 aliphatic heterocycles. The van der Waals surface area contributed by atoms with Crippen LogP contribution in [0.15, 0.2) is 72.8 Å². The van der Waals surface area contributed by atoms with Crippen LogP contribution in [0, 0.1) is 12.8 Å². The molecular formula is C29H32N4O3. The van der Waals surface area contributed by atoms with Crippen molar-refractivity contribution in [3.63, 3.8) is 0 Å². The Morgan fingerprint density at radius 1 is 0.806 bits per heavy atom. The number of rotatable bonds is 7. The number of hydrogen-bond donors (Lipinski definition) is 3. The number of nitrogens with zero attached hydrogens (tertiary/aromatic N) is 1. The first-order valence-electron chi connectivity index (χ1n) is 12.3. The van der Waals surface area contributed by atoms with Crippen LogP contribution in [0.3, 0.4) is 0 Å². The Kier molecular flexibility index (Phi) is 8.00. The molecule has 0 aromatic heterocycles.